The van der Waals surface area contributed by atoms with Crippen LogP contribution in [0.3, 0.4) is 0 Å². The van der Waals surface area contributed by atoms with E-state index in [1.807, 2.05) is 63.2 Å². The third kappa shape index (κ3) is 6.47. The summed E-state index contributed by atoms with van der Waals surface area (Å²) in [5, 5.41) is 12.4. The fourth-order valence-electron chi connectivity index (χ4n) is 3.21. The van der Waals surface area contributed by atoms with E-state index in [1.54, 1.807) is 18.2 Å². The summed E-state index contributed by atoms with van der Waals surface area (Å²) in [6.45, 7) is 6.66. The first kappa shape index (κ1) is 24.1. The van der Waals surface area contributed by atoms with E-state index < -0.39 is 5.91 Å². The molecule has 0 atom stereocenters. The number of nitriles is 1. The van der Waals surface area contributed by atoms with E-state index in [2.05, 4.69) is 27.3 Å². The van der Waals surface area contributed by atoms with Crippen LogP contribution in [-0.4, -0.2) is 12.5 Å². The second-order valence-electron chi connectivity index (χ2n) is 7.47. The first-order chi connectivity index (χ1) is 15.9. The van der Waals surface area contributed by atoms with Gasteiger partial charge in [-0.1, -0.05) is 64.0 Å². The number of halogens is 1. The Labute approximate surface area is 202 Å². The molecular formula is C27H25BrN2O3. The van der Waals surface area contributed by atoms with Crippen LogP contribution in [0, 0.1) is 25.2 Å². The highest BCUT2D eigenvalue weighted by Gasteiger charge is 2.15. The molecule has 33 heavy (non-hydrogen) atoms. The molecule has 0 aromatic heterocycles. The molecule has 0 fully saturated rings. The molecule has 0 unspecified atom stereocenters. The highest BCUT2D eigenvalue weighted by atomic mass is 79.9. The van der Waals surface area contributed by atoms with Gasteiger partial charge in [0.25, 0.3) is 5.91 Å². The van der Waals surface area contributed by atoms with Crippen molar-refractivity contribution in [3.63, 3.8) is 0 Å². The number of para-hydroxylation sites is 1. The quantitative estimate of drug-likeness (QED) is 0.277. The molecule has 0 saturated heterocycles. The zero-order valence-corrected chi connectivity index (χ0v) is 20.4. The molecule has 1 amide bonds. The van der Waals surface area contributed by atoms with Crippen LogP contribution in [0.2, 0.25) is 0 Å². The highest BCUT2D eigenvalue weighted by molar-refractivity contribution is 9.10. The Hall–Kier alpha value is -3.56. The van der Waals surface area contributed by atoms with E-state index in [-0.39, 0.29) is 5.57 Å². The Bertz CT molecular complexity index is 1230. The van der Waals surface area contributed by atoms with Crippen molar-refractivity contribution in [3.05, 3.63) is 93.0 Å². The molecule has 1 N–H and O–H groups in total. The minimum atomic E-state index is -0.476. The zero-order chi connectivity index (χ0) is 23.8. The average Bonchev–Trinajstić information content (AvgIpc) is 2.79. The minimum absolute atomic E-state index is 0.0187. The Morgan fingerprint density at radius 3 is 2.52 bits per heavy atom. The molecule has 3 aromatic rings. The number of anilines is 1. The number of hydrogen-bond acceptors (Lipinski definition) is 4. The Balaban J connectivity index is 1.86. The van der Waals surface area contributed by atoms with Gasteiger partial charge < -0.3 is 14.8 Å². The normalized spacial score (nSPS) is 10.9. The summed E-state index contributed by atoms with van der Waals surface area (Å²) in [5.74, 6) is 0.637. The first-order valence-electron chi connectivity index (χ1n) is 10.5. The van der Waals surface area contributed by atoms with Gasteiger partial charge in [0.2, 0.25) is 0 Å². The van der Waals surface area contributed by atoms with Crippen molar-refractivity contribution >= 4 is 33.6 Å². The van der Waals surface area contributed by atoms with E-state index in [0.29, 0.717) is 40.4 Å². The largest absolute Gasteiger partial charge is 0.490 e. The molecule has 3 aromatic carbocycles. The van der Waals surface area contributed by atoms with Gasteiger partial charge in [-0.3, -0.25) is 4.79 Å². The molecule has 168 valence electrons. The highest BCUT2D eigenvalue weighted by Crippen LogP contribution is 2.35. The SMILES string of the molecule is CCOc1cc(/C=C(\C#N)C(=O)Nc2ccccc2C)c(Br)cc1OCc1cccc(C)c1. The van der Waals surface area contributed by atoms with E-state index in [0.717, 1.165) is 16.7 Å². The van der Waals surface area contributed by atoms with Gasteiger partial charge >= 0.3 is 0 Å². The molecule has 0 heterocycles. The molecule has 0 spiro atoms. The molecule has 0 saturated carbocycles. The van der Waals surface area contributed by atoms with Crippen LogP contribution in [0.4, 0.5) is 5.69 Å². The van der Waals surface area contributed by atoms with Crippen LogP contribution in [0.5, 0.6) is 11.5 Å². The van der Waals surface area contributed by atoms with Crippen LogP contribution >= 0.6 is 15.9 Å². The third-order valence-corrected chi connectivity index (χ3v) is 5.58. The Kier molecular flexibility index (Phi) is 8.28. The lowest BCUT2D eigenvalue weighted by atomic mass is 10.1. The second kappa shape index (κ2) is 11.3. The van der Waals surface area contributed by atoms with Gasteiger partial charge in [-0.25, -0.2) is 0 Å². The van der Waals surface area contributed by atoms with E-state index >= 15 is 0 Å². The number of nitrogens with zero attached hydrogens (tertiary/aromatic N) is 1. The van der Waals surface area contributed by atoms with Crippen molar-refractivity contribution in [2.24, 2.45) is 0 Å². The van der Waals surface area contributed by atoms with Crippen molar-refractivity contribution in [2.45, 2.75) is 27.4 Å². The van der Waals surface area contributed by atoms with Crippen LogP contribution in [0.15, 0.2) is 70.7 Å². The summed E-state index contributed by atoms with van der Waals surface area (Å²) in [4.78, 5) is 12.7. The van der Waals surface area contributed by atoms with Gasteiger partial charge in [0.15, 0.2) is 11.5 Å². The average molecular weight is 505 g/mol. The smallest absolute Gasteiger partial charge is 0.266 e. The summed E-state index contributed by atoms with van der Waals surface area (Å²) in [6, 6.07) is 21.1. The molecule has 0 aliphatic carbocycles. The van der Waals surface area contributed by atoms with Crippen molar-refractivity contribution < 1.29 is 14.3 Å². The maximum Gasteiger partial charge on any atom is 0.266 e. The minimum Gasteiger partial charge on any atom is -0.490 e. The zero-order valence-electron chi connectivity index (χ0n) is 18.8. The lowest BCUT2D eigenvalue weighted by Crippen LogP contribution is -2.14. The van der Waals surface area contributed by atoms with Gasteiger partial charge in [-0.2, -0.15) is 5.26 Å². The lowest BCUT2D eigenvalue weighted by molar-refractivity contribution is -0.112. The van der Waals surface area contributed by atoms with Crippen molar-refractivity contribution in [3.8, 4) is 17.6 Å². The van der Waals surface area contributed by atoms with Crippen molar-refractivity contribution in [1.82, 2.24) is 0 Å². The molecule has 6 heteroatoms. The monoisotopic (exact) mass is 504 g/mol. The second-order valence-corrected chi connectivity index (χ2v) is 8.32. The van der Waals surface area contributed by atoms with Crippen LogP contribution in [0.1, 0.15) is 29.2 Å². The van der Waals surface area contributed by atoms with Crippen molar-refractivity contribution in [2.75, 3.05) is 11.9 Å². The number of amides is 1. The first-order valence-corrected chi connectivity index (χ1v) is 11.3. The Morgan fingerprint density at radius 1 is 1.06 bits per heavy atom. The van der Waals surface area contributed by atoms with Crippen LogP contribution in [0.25, 0.3) is 6.08 Å². The summed E-state index contributed by atoms with van der Waals surface area (Å²) < 4.78 is 12.5. The van der Waals surface area contributed by atoms with Gasteiger partial charge in [0, 0.05) is 10.2 Å². The van der Waals surface area contributed by atoms with Crippen LogP contribution in [-0.2, 0) is 11.4 Å². The number of rotatable bonds is 8. The topological polar surface area (TPSA) is 71.3 Å². The van der Waals surface area contributed by atoms with E-state index in [9.17, 15) is 10.1 Å². The number of hydrogen-bond donors (Lipinski definition) is 1. The lowest BCUT2D eigenvalue weighted by Gasteiger charge is -2.14. The van der Waals surface area contributed by atoms with Gasteiger partial charge in [-0.15, -0.1) is 0 Å². The Morgan fingerprint density at radius 2 is 1.82 bits per heavy atom. The number of carbonyl (C=O) groups excluding carboxylic acids is 1. The van der Waals surface area contributed by atoms with Gasteiger partial charge in [0.1, 0.15) is 18.2 Å². The summed E-state index contributed by atoms with van der Waals surface area (Å²) in [7, 11) is 0. The van der Waals surface area contributed by atoms with E-state index in [4.69, 9.17) is 9.47 Å². The number of carbonyl (C=O) groups is 1. The fourth-order valence-corrected chi connectivity index (χ4v) is 3.65. The van der Waals surface area contributed by atoms with Crippen molar-refractivity contribution in [1.29, 1.82) is 5.26 Å². The molecule has 3 rings (SSSR count). The summed E-state index contributed by atoms with van der Waals surface area (Å²) in [6.07, 6.45) is 1.53. The fraction of sp³-hybridized carbons (Fsp3) is 0.185. The summed E-state index contributed by atoms with van der Waals surface area (Å²) >= 11 is 3.53. The van der Waals surface area contributed by atoms with Gasteiger partial charge in [0.05, 0.1) is 6.61 Å². The van der Waals surface area contributed by atoms with Crippen LogP contribution < -0.4 is 14.8 Å². The summed E-state index contributed by atoms with van der Waals surface area (Å²) in [5.41, 5.74) is 4.41. The number of nitrogens with one attached hydrogen (secondary N) is 1. The molecule has 0 radical (unpaired) electrons. The third-order valence-electron chi connectivity index (χ3n) is 4.90. The maximum atomic E-state index is 12.7. The molecule has 0 bridgehead atoms. The number of ether oxygens (including phenoxy) is 2. The molecule has 0 aliphatic rings. The number of aryl methyl sites for hydroxylation is 2. The molecule has 0 aliphatic heterocycles. The maximum absolute atomic E-state index is 12.7. The van der Waals surface area contributed by atoms with Gasteiger partial charge in [-0.05, 0) is 61.7 Å². The molecular weight excluding hydrogens is 480 g/mol. The predicted octanol–water partition coefficient (Wildman–Crippen LogP) is 6.59. The number of benzene rings is 3. The standard InChI is InChI=1S/C27H25BrN2O3/c1-4-32-25-14-21(13-22(16-29)27(31)30-24-11-6-5-9-19(24)3)23(28)15-26(25)33-17-20-10-7-8-18(2)12-20/h5-15H,4,17H2,1-3H3,(H,30,31)/b22-13+. The predicted molar refractivity (Wildman–Crippen MR) is 134 cm³/mol. The van der Waals surface area contributed by atoms with E-state index in [1.165, 1.54) is 6.08 Å². The molecule has 5 nitrogen and oxygen atoms in total.